The Bertz CT molecular complexity index is 557. The molecule has 88 valence electrons. The van der Waals surface area contributed by atoms with Gasteiger partial charge in [-0.3, -0.25) is 9.59 Å². The SMILES string of the molecule is O=Cc1cccc(C=O)c1C=Cc1ccccc1. The van der Waals surface area contributed by atoms with Crippen LogP contribution in [0.3, 0.4) is 0 Å². The highest BCUT2D eigenvalue weighted by Gasteiger charge is 2.03. The van der Waals surface area contributed by atoms with Crippen molar-refractivity contribution < 1.29 is 9.59 Å². The van der Waals surface area contributed by atoms with Crippen LogP contribution in [0.15, 0.2) is 48.5 Å². The summed E-state index contributed by atoms with van der Waals surface area (Å²) in [6.45, 7) is 0. The zero-order valence-electron chi connectivity index (χ0n) is 9.74. The lowest BCUT2D eigenvalue weighted by Gasteiger charge is -2.02. The van der Waals surface area contributed by atoms with Gasteiger partial charge in [0.1, 0.15) is 0 Å². The lowest BCUT2D eigenvalue weighted by Crippen LogP contribution is -1.92. The van der Waals surface area contributed by atoms with Crippen molar-refractivity contribution in [3.63, 3.8) is 0 Å². The molecule has 0 amide bonds. The standard InChI is InChI=1S/C16H12O2/c17-11-14-7-4-8-15(12-18)16(14)10-9-13-5-2-1-3-6-13/h1-12H. The first-order valence-electron chi connectivity index (χ1n) is 5.61. The Kier molecular flexibility index (Phi) is 3.82. The third-order valence-electron chi connectivity index (χ3n) is 2.67. The van der Waals surface area contributed by atoms with Gasteiger partial charge in [-0.15, -0.1) is 0 Å². The predicted octanol–water partition coefficient (Wildman–Crippen LogP) is 3.48. The predicted molar refractivity (Wildman–Crippen MR) is 72.6 cm³/mol. The molecular formula is C16H12O2. The summed E-state index contributed by atoms with van der Waals surface area (Å²) >= 11 is 0. The summed E-state index contributed by atoms with van der Waals surface area (Å²) in [7, 11) is 0. The molecule has 2 heteroatoms. The minimum absolute atomic E-state index is 0.520. The zero-order valence-corrected chi connectivity index (χ0v) is 9.74. The number of benzene rings is 2. The third-order valence-corrected chi connectivity index (χ3v) is 2.67. The second-order valence-electron chi connectivity index (χ2n) is 3.83. The largest absolute Gasteiger partial charge is 0.298 e. The molecule has 0 unspecified atom stereocenters. The van der Waals surface area contributed by atoms with Crippen molar-refractivity contribution >= 4 is 24.7 Å². The van der Waals surface area contributed by atoms with E-state index < -0.39 is 0 Å². The maximum Gasteiger partial charge on any atom is 0.150 e. The van der Waals surface area contributed by atoms with E-state index in [1.807, 2.05) is 36.4 Å². The molecule has 0 saturated carbocycles. The van der Waals surface area contributed by atoms with E-state index in [1.165, 1.54) is 0 Å². The first-order chi connectivity index (χ1) is 8.85. The first-order valence-corrected chi connectivity index (χ1v) is 5.61. The molecule has 0 N–H and O–H groups in total. The van der Waals surface area contributed by atoms with Crippen LogP contribution in [0.1, 0.15) is 31.8 Å². The first kappa shape index (κ1) is 12.0. The molecule has 0 heterocycles. The van der Waals surface area contributed by atoms with Crippen molar-refractivity contribution in [2.45, 2.75) is 0 Å². The second kappa shape index (κ2) is 5.73. The normalized spacial score (nSPS) is 10.4. The number of aldehydes is 2. The van der Waals surface area contributed by atoms with E-state index in [4.69, 9.17) is 0 Å². The van der Waals surface area contributed by atoms with Gasteiger partial charge in [-0.2, -0.15) is 0 Å². The molecular weight excluding hydrogens is 224 g/mol. The molecule has 0 radical (unpaired) electrons. The van der Waals surface area contributed by atoms with Crippen LogP contribution in [0, 0.1) is 0 Å². The maximum absolute atomic E-state index is 11.0. The Labute approximate surface area is 106 Å². The van der Waals surface area contributed by atoms with Gasteiger partial charge in [0.15, 0.2) is 12.6 Å². The molecule has 0 saturated heterocycles. The number of rotatable bonds is 4. The molecule has 0 aliphatic heterocycles. The number of carbonyl (C=O) groups excluding carboxylic acids is 2. The van der Waals surface area contributed by atoms with E-state index in [0.29, 0.717) is 16.7 Å². The lowest BCUT2D eigenvalue weighted by molar-refractivity contribution is 0.112. The minimum atomic E-state index is 0.520. The highest BCUT2D eigenvalue weighted by atomic mass is 16.1. The second-order valence-corrected chi connectivity index (χ2v) is 3.83. The smallest absolute Gasteiger partial charge is 0.150 e. The van der Waals surface area contributed by atoms with Crippen LogP contribution in [-0.4, -0.2) is 12.6 Å². The summed E-state index contributed by atoms with van der Waals surface area (Å²) in [4.78, 5) is 21.9. The van der Waals surface area contributed by atoms with Gasteiger partial charge in [0.05, 0.1) is 0 Å². The third kappa shape index (κ3) is 2.61. The summed E-state index contributed by atoms with van der Waals surface area (Å²) < 4.78 is 0. The highest BCUT2D eigenvalue weighted by Crippen LogP contribution is 2.15. The van der Waals surface area contributed by atoms with Crippen molar-refractivity contribution in [2.24, 2.45) is 0 Å². The van der Waals surface area contributed by atoms with Gasteiger partial charge in [-0.1, -0.05) is 60.7 Å². The van der Waals surface area contributed by atoms with Crippen LogP contribution in [0.4, 0.5) is 0 Å². The fourth-order valence-electron chi connectivity index (χ4n) is 1.74. The van der Waals surface area contributed by atoms with Crippen LogP contribution in [0.2, 0.25) is 0 Å². The summed E-state index contributed by atoms with van der Waals surface area (Å²) in [5.41, 5.74) is 2.72. The number of hydrogen-bond donors (Lipinski definition) is 0. The lowest BCUT2D eigenvalue weighted by atomic mass is 10.0. The molecule has 2 aromatic carbocycles. The summed E-state index contributed by atoms with van der Waals surface area (Å²) in [5, 5.41) is 0. The Morgan fingerprint density at radius 2 is 1.28 bits per heavy atom. The molecule has 2 nitrogen and oxygen atoms in total. The fraction of sp³-hybridized carbons (Fsp3) is 0. The molecule has 2 rings (SSSR count). The van der Waals surface area contributed by atoms with Gasteiger partial charge in [0, 0.05) is 11.1 Å². The van der Waals surface area contributed by atoms with Gasteiger partial charge in [0.2, 0.25) is 0 Å². The van der Waals surface area contributed by atoms with Crippen molar-refractivity contribution in [3.8, 4) is 0 Å². The number of carbonyl (C=O) groups is 2. The van der Waals surface area contributed by atoms with Gasteiger partial charge >= 0.3 is 0 Å². The summed E-state index contributed by atoms with van der Waals surface area (Å²) in [5.74, 6) is 0. The molecule has 0 aliphatic carbocycles. The average Bonchev–Trinajstić information content (AvgIpc) is 2.45. The van der Waals surface area contributed by atoms with E-state index >= 15 is 0 Å². The Balaban J connectivity index is 2.42. The molecule has 0 aliphatic rings. The molecule has 0 atom stereocenters. The Morgan fingerprint density at radius 1 is 0.667 bits per heavy atom. The maximum atomic E-state index is 11.0. The van der Waals surface area contributed by atoms with Crippen LogP contribution >= 0.6 is 0 Å². The van der Waals surface area contributed by atoms with Crippen LogP contribution in [-0.2, 0) is 0 Å². The average molecular weight is 236 g/mol. The van der Waals surface area contributed by atoms with Crippen molar-refractivity contribution in [2.75, 3.05) is 0 Å². The molecule has 0 spiro atoms. The van der Waals surface area contributed by atoms with Gasteiger partial charge in [0.25, 0.3) is 0 Å². The van der Waals surface area contributed by atoms with Crippen molar-refractivity contribution in [1.82, 2.24) is 0 Å². The quantitative estimate of drug-likeness (QED) is 0.601. The van der Waals surface area contributed by atoms with Crippen LogP contribution in [0.5, 0.6) is 0 Å². The van der Waals surface area contributed by atoms with Gasteiger partial charge in [-0.05, 0) is 11.1 Å². The van der Waals surface area contributed by atoms with E-state index in [-0.39, 0.29) is 0 Å². The molecule has 0 fully saturated rings. The fourth-order valence-corrected chi connectivity index (χ4v) is 1.74. The zero-order chi connectivity index (χ0) is 12.8. The van der Waals surface area contributed by atoms with E-state index in [9.17, 15) is 9.59 Å². The summed E-state index contributed by atoms with van der Waals surface area (Å²) in [6.07, 6.45) is 5.20. The van der Waals surface area contributed by atoms with E-state index in [0.717, 1.165) is 18.1 Å². The van der Waals surface area contributed by atoms with Gasteiger partial charge < -0.3 is 0 Å². The van der Waals surface area contributed by atoms with E-state index in [1.54, 1.807) is 24.3 Å². The highest BCUT2D eigenvalue weighted by molar-refractivity contribution is 5.93. The monoisotopic (exact) mass is 236 g/mol. The molecule has 0 bridgehead atoms. The topological polar surface area (TPSA) is 34.1 Å². The van der Waals surface area contributed by atoms with E-state index in [2.05, 4.69) is 0 Å². The van der Waals surface area contributed by atoms with Crippen molar-refractivity contribution in [1.29, 1.82) is 0 Å². The minimum Gasteiger partial charge on any atom is -0.298 e. The Morgan fingerprint density at radius 3 is 1.83 bits per heavy atom. The van der Waals surface area contributed by atoms with Gasteiger partial charge in [-0.25, -0.2) is 0 Å². The Hall–Kier alpha value is -2.48. The van der Waals surface area contributed by atoms with Crippen LogP contribution in [0.25, 0.3) is 12.2 Å². The molecule has 0 aromatic heterocycles. The number of hydrogen-bond acceptors (Lipinski definition) is 2. The van der Waals surface area contributed by atoms with Crippen LogP contribution < -0.4 is 0 Å². The molecule has 2 aromatic rings. The van der Waals surface area contributed by atoms with Crippen molar-refractivity contribution in [3.05, 3.63) is 70.8 Å². The summed E-state index contributed by atoms with van der Waals surface area (Å²) in [6, 6.07) is 14.8. The molecule has 18 heavy (non-hydrogen) atoms.